The number of rotatable bonds is 14. The number of amides is 8. The molecule has 0 saturated carbocycles. The molecule has 20 nitrogen and oxygen atoms in total. The van der Waals surface area contributed by atoms with Crippen LogP contribution in [0.2, 0.25) is 0 Å². The van der Waals surface area contributed by atoms with Crippen LogP contribution in [-0.4, -0.2) is 183 Å². The van der Waals surface area contributed by atoms with E-state index in [1.807, 2.05) is 63.2 Å². The number of carbonyl (C=O) groups excluding carboxylic acids is 9. The summed E-state index contributed by atoms with van der Waals surface area (Å²) in [6.45, 7) is 20.6. The minimum atomic E-state index is -1.98. The van der Waals surface area contributed by atoms with Gasteiger partial charge in [-0.1, -0.05) is 130 Å². The van der Waals surface area contributed by atoms with Gasteiger partial charge in [-0.05, 0) is 97.6 Å². The summed E-state index contributed by atoms with van der Waals surface area (Å²) in [7, 11) is 5.67. The first-order chi connectivity index (χ1) is 39.9. The molecule has 8 amide bonds. The van der Waals surface area contributed by atoms with E-state index in [1.54, 1.807) is 85.1 Å². The fourth-order valence-corrected chi connectivity index (χ4v) is 11.8. The lowest BCUT2D eigenvalue weighted by atomic mass is 9.93. The number of hydrogen-bond donors (Lipinski definition) is 4. The number of hydrogen-bond acceptors (Lipinski definition) is 12. The molecule has 1 aromatic heterocycles. The van der Waals surface area contributed by atoms with Crippen LogP contribution in [0.1, 0.15) is 126 Å². The summed E-state index contributed by atoms with van der Waals surface area (Å²) in [6.07, 6.45) is 3.28. The molecule has 2 saturated heterocycles. The van der Waals surface area contributed by atoms with Crippen LogP contribution in [0, 0.1) is 29.6 Å². The van der Waals surface area contributed by atoms with E-state index < -0.39 is 137 Å². The Morgan fingerprint density at radius 2 is 1.15 bits per heavy atom. The van der Waals surface area contributed by atoms with Gasteiger partial charge in [-0.25, -0.2) is 4.79 Å². The summed E-state index contributed by atoms with van der Waals surface area (Å²) in [5.74, 6) is -8.83. The lowest BCUT2D eigenvalue weighted by Crippen LogP contribution is -2.63. The summed E-state index contributed by atoms with van der Waals surface area (Å²) in [5.41, 5.74) is 1.09. The number of nitrogens with one attached hydrogen (secondary N) is 3. The third-order valence-corrected chi connectivity index (χ3v) is 16.9. The Labute approximate surface area is 503 Å². The van der Waals surface area contributed by atoms with Gasteiger partial charge in [-0.3, -0.25) is 43.3 Å². The lowest BCUT2D eigenvalue weighted by Gasteiger charge is -2.39. The van der Waals surface area contributed by atoms with E-state index in [0.717, 1.165) is 16.0 Å². The second kappa shape index (κ2) is 30.2. The number of aliphatic hydroxyl groups is 1. The lowest BCUT2D eigenvalue weighted by molar-refractivity contribution is -0.177. The van der Waals surface area contributed by atoms with Gasteiger partial charge >= 0.3 is 5.97 Å². The van der Waals surface area contributed by atoms with E-state index in [-0.39, 0.29) is 38.1 Å². The van der Waals surface area contributed by atoms with Crippen molar-refractivity contribution in [2.24, 2.45) is 29.6 Å². The van der Waals surface area contributed by atoms with E-state index in [1.165, 1.54) is 61.6 Å². The average Bonchev–Trinajstić information content (AvgIpc) is 2.75. The number of likely N-dealkylation sites (N-methyl/N-ethyl adjacent to an activating group) is 4. The maximum absolute atomic E-state index is 15.6. The topological polar surface area (TPSA) is 248 Å². The number of pyridine rings is 1. The third-order valence-electron chi connectivity index (χ3n) is 16.9. The number of esters is 1. The van der Waals surface area contributed by atoms with Gasteiger partial charge < -0.3 is 50.3 Å². The van der Waals surface area contributed by atoms with Gasteiger partial charge in [0.05, 0.1) is 5.60 Å². The molecular formula is C65H95N9O11. The van der Waals surface area contributed by atoms with E-state index in [9.17, 15) is 29.1 Å². The molecule has 2 aliphatic heterocycles. The van der Waals surface area contributed by atoms with Crippen LogP contribution in [0.4, 0.5) is 0 Å². The van der Waals surface area contributed by atoms with Gasteiger partial charge in [0.25, 0.3) is 5.91 Å². The SMILES string of the molecule is CCC(C)[C@@H]1NC(=O)[C@@H]2CCCN2C(=O)[C@H](Cc2cccc(-c3ccncc3)c2)N(C)C(=O)[C@H](Cc2ccccc2)NC(=O)[C@H](C(C)C)N(C)C(=O)[C@@H](C(C)CC)OC(=O)[C@H](C(C)(C)O)N(C)C(=O)[C@H](CC(C)C)NC(=O)[C@H](C(C)C)N(C)C1=O. The van der Waals surface area contributed by atoms with Crippen molar-refractivity contribution in [3.05, 3.63) is 90.3 Å². The molecule has 466 valence electrons. The molecule has 0 spiro atoms. The Morgan fingerprint density at radius 1 is 0.600 bits per heavy atom. The number of ether oxygens (including phenoxy) is 1. The number of fused-ring (bicyclic) bond motifs is 1. The van der Waals surface area contributed by atoms with E-state index in [0.29, 0.717) is 30.4 Å². The van der Waals surface area contributed by atoms with Crippen LogP contribution in [0.5, 0.6) is 0 Å². The average molecular weight is 1180 g/mol. The molecule has 0 radical (unpaired) electrons. The largest absolute Gasteiger partial charge is 0.450 e. The van der Waals surface area contributed by atoms with Crippen LogP contribution in [0.15, 0.2) is 79.1 Å². The second-order valence-electron chi connectivity index (χ2n) is 25.1. The highest BCUT2D eigenvalue weighted by atomic mass is 16.6. The first kappa shape index (κ1) is 68.6. The van der Waals surface area contributed by atoms with Crippen LogP contribution in [0.25, 0.3) is 11.1 Å². The van der Waals surface area contributed by atoms with Crippen LogP contribution in [-0.2, 0) is 60.7 Å². The highest BCUT2D eigenvalue weighted by Crippen LogP contribution is 2.28. The summed E-state index contributed by atoms with van der Waals surface area (Å²) in [5, 5.41) is 20.6. The van der Waals surface area contributed by atoms with Crippen molar-refractivity contribution in [1.29, 1.82) is 0 Å². The minimum absolute atomic E-state index is 0.0103. The van der Waals surface area contributed by atoms with E-state index in [2.05, 4.69) is 20.9 Å². The van der Waals surface area contributed by atoms with Crippen molar-refractivity contribution in [3.8, 4) is 11.1 Å². The molecule has 2 fully saturated rings. The van der Waals surface area contributed by atoms with E-state index >= 15 is 19.2 Å². The number of benzene rings is 2. The molecule has 4 N–H and O–H groups in total. The first-order valence-electron chi connectivity index (χ1n) is 30.2. The molecule has 11 atom stereocenters. The molecule has 5 rings (SSSR count). The Balaban J connectivity index is 1.73. The Morgan fingerprint density at radius 3 is 1.71 bits per heavy atom. The smallest absolute Gasteiger partial charge is 0.332 e. The molecule has 3 aromatic rings. The van der Waals surface area contributed by atoms with Crippen LogP contribution >= 0.6 is 0 Å². The summed E-state index contributed by atoms with van der Waals surface area (Å²) in [4.78, 5) is 146. The fraction of sp³-hybridized carbons (Fsp3) is 0.600. The number of carbonyl (C=O) groups is 9. The maximum atomic E-state index is 15.6. The zero-order valence-corrected chi connectivity index (χ0v) is 53.0. The van der Waals surface area contributed by atoms with Crippen LogP contribution < -0.4 is 16.0 Å². The molecule has 2 aromatic carbocycles. The summed E-state index contributed by atoms with van der Waals surface area (Å²) in [6, 6.07) is 10.0. The van der Waals surface area contributed by atoms with Gasteiger partial charge in [0, 0.05) is 65.9 Å². The van der Waals surface area contributed by atoms with Gasteiger partial charge in [-0.15, -0.1) is 0 Å². The molecular weight excluding hydrogens is 1080 g/mol. The zero-order chi connectivity index (χ0) is 63.4. The number of nitrogens with zero attached hydrogens (tertiary/aromatic N) is 6. The van der Waals surface area contributed by atoms with Crippen molar-refractivity contribution < 1.29 is 53.0 Å². The standard InChI is InChI=1S/C65H95N9O11/c1-17-41(9)51-62(81)71(14)52(39(5)6)57(76)67-47(34-38(3)4)60(79)73(16)55(65(11,12)84)64(83)85-54(42(10)18-2)63(82)72(15)53(40(7)8)58(77)68-48(36-43-24-20-19-21-25-43)59(78)70(13)50(61(80)74-33-23-28-49(74)56(75)69-51)37-44-26-22-27-46(35-44)45-29-31-66-32-30-45/h19-22,24-27,29-32,35,38-42,47-55,84H,17-18,23,28,33-34,36-37H2,1-16H3,(H,67,76)(H,68,77)(H,69,75)/t41?,42?,47-,48-,49-,50-,51-,52-,53-,54+,55+/m0/s1. The van der Waals surface area contributed by atoms with Crippen molar-refractivity contribution >= 4 is 53.2 Å². The van der Waals surface area contributed by atoms with Crippen molar-refractivity contribution in [1.82, 2.24) is 45.4 Å². The highest BCUT2D eigenvalue weighted by Gasteiger charge is 2.48. The number of aromatic nitrogens is 1. The number of cyclic esters (lactones) is 1. The molecule has 85 heavy (non-hydrogen) atoms. The zero-order valence-electron chi connectivity index (χ0n) is 53.0. The monoisotopic (exact) mass is 1180 g/mol. The van der Waals surface area contributed by atoms with Gasteiger partial charge in [-0.2, -0.15) is 0 Å². The summed E-state index contributed by atoms with van der Waals surface area (Å²) >= 11 is 0. The molecule has 20 heteroatoms. The first-order valence-corrected chi connectivity index (χ1v) is 30.2. The van der Waals surface area contributed by atoms with Gasteiger partial charge in [0.1, 0.15) is 42.3 Å². The highest BCUT2D eigenvalue weighted by molar-refractivity contribution is 5.99. The molecule has 0 aliphatic carbocycles. The third kappa shape index (κ3) is 17.0. The quantitative estimate of drug-likeness (QED) is 0.148. The minimum Gasteiger partial charge on any atom is -0.450 e. The Hall–Kier alpha value is -7.22. The second-order valence-corrected chi connectivity index (χ2v) is 25.1. The molecule has 0 bridgehead atoms. The van der Waals surface area contributed by atoms with Crippen molar-refractivity contribution in [2.75, 3.05) is 34.7 Å². The Kier molecular flexibility index (Phi) is 24.4. The van der Waals surface area contributed by atoms with Gasteiger partial charge in [0.15, 0.2) is 12.1 Å². The van der Waals surface area contributed by atoms with E-state index in [4.69, 9.17) is 4.74 Å². The predicted molar refractivity (Wildman–Crippen MR) is 325 cm³/mol. The molecule has 2 unspecified atom stereocenters. The maximum Gasteiger partial charge on any atom is 0.332 e. The Bertz CT molecular complexity index is 2810. The summed E-state index contributed by atoms with van der Waals surface area (Å²) < 4.78 is 6.12. The normalized spacial score (nSPS) is 25.4. The fourth-order valence-electron chi connectivity index (χ4n) is 11.8. The van der Waals surface area contributed by atoms with Crippen LogP contribution in [0.3, 0.4) is 0 Å². The predicted octanol–water partition coefficient (Wildman–Crippen LogP) is 5.43. The van der Waals surface area contributed by atoms with Crippen molar-refractivity contribution in [2.45, 2.75) is 188 Å². The van der Waals surface area contributed by atoms with Gasteiger partial charge in [0.2, 0.25) is 41.4 Å². The van der Waals surface area contributed by atoms with Crippen molar-refractivity contribution in [3.63, 3.8) is 0 Å². The molecule has 3 heterocycles. The molecule has 2 aliphatic rings.